The second kappa shape index (κ2) is 10.6. The molecule has 1 atom stereocenters. The van der Waals surface area contributed by atoms with Crippen molar-refractivity contribution in [1.29, 1.82) is 0 Å². The minimum Gasteiger partial charge on any atom is -0.351 e. The Morgan fingerprint density at radius 3 is 2.52 bits per heavy atom. The second-order valence-electron chi connectivity index (χ2n) is 8.16. The predicted molar refractivity (Wildman–Crippen MR) is 129 cm³/mol. The van der Waals surface area contributed by atoms with Crippen LogP contribution < -0.4 is 10.6 Å². The maximum atomic E-state index is 12.5. The third-order valence-electron chi connectivity index (χ3n) is 5.28. The number of hydrogen-bond donors (Lipinski definition) is 2. The van der Waals surface area contributed by atoms with Crippen LogP contribution in [-0.4, -0.2) is 12.5 Å². The third kappa shape index (κ3) is 6.31. The molecule has 0 aliphatic carbocycles. The van der Waals surface area contributed by atoms with Crippen molar-refractivity contribution in [2.75, 3.05) is 6.54 Å². The molecule has 3 aromatic rings. The summed E-state index contributed by atoms with van der Waals surface area (Å²) in [7, 11) is 0. The summed E-state index contributed by atoms with van der Waals surface area (Å²) < 4.78 is 0. The Morgan fingerprint density at radius 1 is 1.00 bits per heavy atom. The van der Waals surface area contributed by atoms with Crippen LogP contribution in [0.3, 0.4) is 0 Å². The van der Waals surface area contributed by atoms with E-state index in [2.05, 4.69) is 71.9 Å². The molecule has 3 nitrogen and oxygen atoms in total. The van der Waals surface area contributed by atoms with Gasteiger partial charge in [0.15, 0.2) is 0 Å². The van der Waals surface area contributed by atoms with Gasteiger partial charge in [0.1, 0.15) is 5.41 Å². The van der Waals surface area contributed by atoms with Gasteiger partial charge in [0.25, 0.3) is 0 Å². The molecule has 0 radical (unpaired) electrons. The van der Waals surface area contributed by atoms with Gasteiger partial charge in [0.05, 0.1) is 0 Å². The molecule has 0 heterocycles. The highest BCUT2D eigenvalue weighted by atomic mass is 16.2. The van der Waals surface area contributed by atoms with Gasteiger partial charge in [-0.2, -0.15) is 0 Å². The molecule has 0 spiro atoms. The number of nitrogens with one attached hydrogen (secondary N) is 2. The SMILES string of the molecule is C[C@@H](NC/C=C/C#CC(C)(C)C(=O)NCc1ccccc1)c1cccc2ccccc12. The lowest BCUT2D eigenvalue weighted by Gasteiger charge is -2.17. The summed E-state index contributed by atoms with van der Waals surface area (Å²) in [5.74, 6) is 6.01. The maximum absolute atomic E-state index is 12.5. The number of fused-ring (bicyclic) bond motifs is 1. The number of allylic oxidation sites excluding steroid dienone is 1. The van der Waals surface area contributed by atoms with E-state index < -0.39 is 5.41 Å². The van der Waals surface area contributed by atoms with Crippen molar-refractivity contribution in [3.05, 3.63) is 96.1 Å². The van der Waals surface area contributed by atoms with Gasteiger partial charge in [-0.05, 0) is 48.7 Å². The number of carbonyl (C=O) groups is 1. The van der Waals surface area contributed by atoms with E-state index in [0.717, 1.165) is 5.56 Å². The fourth-order valence-electron chi connectivity index (χ4n) is 3.38. The summed E-state index contributed by atoms with van der Waals surface area (Å²) in [4.78, 5) is 12.5. The first-order valence-electron chi connectivity index (χ1n) is 10.7. The average Bonchev–Trinajstić information content (AvgIpc) is 2.79. The van der Waals surface area contributed by atoms with Gasteiger partial charge in [0.2, 0.25) is 5.91 Å². The molecule has 158 valence electrons. The van der Waals surface area contributed by atoms with E-state index in [-0.39, 0.29) is 11.9 Å². The Hall–Kier alpha value is -3.35. The Balaban J connectivity index is 1.49. The molecule has 0 unspecified atom stereocenters. The molecule has 0 aliphatic heterocycles. The van der Waals surface area contributed by atoms with Crippen LogP contribution in [-0.2, 0) is 11.3 Å². The smallest absolute Gasteiger partial charge is 0.237 e. The molecule has 0 saturated heterocycles. The zero-order valence-corrected chi connectivity index (χ0v) is 18.5. The van der Waals surface area contributed by atoms with Crippen molar-refractivity contribution in [2.45, 2.75) is 33.4 Å². The predicted octanol–water partition coefficient (Wildman–Crippen LogP) is 5.39. The summed E-state index contributed by atoms with van der Waals surface area (Å²) in [6.07, 6.45) is 3.81. The molecular formula is C28H30N2O. The van der Waals surface area contributed by atoms with Crippen molar-refractivity contribution in [1.82, 2.24) is 10.6 Å². The molecule has 0 bridgehead atoms. The number of benzene rings is 3. The lowest BCUT2D eigenvalue weighted by atomic mass is 9.93. The molecule has 3 aromatic carbocycles. The molecule has 0 aliphatic rings. The number of hydrogen-bond acceptors (Lipinski definition) is 2. The minimum atomic E-state index is -0.747. The molecule has 0 saturated carbocycles. The van der Waals surface area contributed by atoms with Crippen LogP contribution in [0.15, 0.2) is 84.9 Å². The summed E-state index contributed by atoms with van der Waals surface area (Å²) >= 11 is 0. The molecule has 2 N–H and O–H groups in total. The van der Waals surface area contributed by atoms with Crippen LogP contribution in [0.5, 0.6) is 0 Å². The van der Waals surface area contributed by atoms with Crippen molar-refractivity contribution in [2.24, 2.45) is 5.41 Å². The van der Waals surface area contributed by atoms with Gasteiger partial charge >= 0.3 is 0 Å². The highest BCUT2D eigenvalue weighted by Crippen LogP contribution is 2.23. The van der Waals surface area contributed by atoms with Gasteiger partial charge in [-0.3, -0.25) is 4.79 Å². The zero-order chi connectivity index (χ0) is 22.1. The summed E-state index contributed by atoms with van der Waals surface area (Å²) in [6.45, 7) is 7.07. The first-order valence-corrected chi connectivity index (χ1v) is 10.7. The Bertz CT molecular complexity index is 1100. The molecule has 31 heavy (non-hydrogen) atoms. The van der Waals surface area contributed by atoms with Crippen molar-refractivity contribution < 1.29 is 4.79 Å². The van der Waals surface area contributed by atoms with E-state index in [4.69, 9.17) is 0 Å². The van der Waals surface area contributed by atoms with E-state index >= 15 is 0 Å². The Kier molecular flexibility index (Phi) is 7.65. The molecule has 1 amide bonds. The third-order valence-corrected chi connectivity index (χ3v) is 5.28. The van der Waals surface area contributed by atoms with Gasteiger partial charge in [0, 0.05) is 19.1 Å². The summed E-state index contributed by atoms with van der Waals surface area (Å²) in [6, 6.07) is 24.9. The van der Waals surface area contributed by atoms with E-state index in [0.29, 0.717) is 13.1 Å². The fourth-order valence-corrected chi connectivity index (χ4v) is 3.38. The van der Waals surface area contributed by atoms with Crippen LogP contribution in [0.4, 0.5) is 0 Å². The van der Waals surface area contributed by atoms with E-state index in [1.54, 1.807) is 0 Å². The van der Waals surface area contributed by atoms with Crippen LogP contribution in [0.1, 0.15) is 37.9 Å². The van der Waals surface area contributed by atoms with Crippen molar-refractivity contribution >= 4 is 16.7 Å². The molecular weight excluding hydrogens is 380 g/mol. The van der Waals surface area contributed by atoms with Crippen molar-refractivity contribution in [3.63, 3.8) is 0 Å². The first-order chi connectivity index (χ1) is 15.0. The molecule has 0 fully saturated rings. The number of amides is 1. The lowest BCUT2D eigenvalue weighted by molar-refractivity contribution is -0.126. The first kappa shape index (κ1) is 22.3. The minimum absolute atomic E-state index is 0.0695. The standard InChI is InChI=1S/C28H30N2O/c1-22(25-18-12-16-24-15-8-9-17-26(24)25)29-20-11-5-10-19-28(2,3)27(31)30-21-23-13-6-4-7-14-23/h4-9,11-18,22,29H,20-21H2,1-3H3,(H,30,31)/b11-5+/t22-/m1/s1. The molecule has 3 heteroatoms. The fraction of sp³-hybridized carbons (Fsp3) is 0.250. The Labute approximate surface area is 185 Å². The summed E-state index contributed by atoms with van der Waals surface area (Å²) in [5, 5.41) is 9.00. The average molecular weight is 411 g/mol. The van der Waals surface area contributed by atoms with Crippen molar-refractivity contribution in [3.8, 4) is 11.8 Å². The quantitative estimate of drug-likeness (QED) is 0.513. The van der Waals surface area contributed by atoms with E-state index in [9.17, 15) is 4.79 Å². The highest BCUT2D eigenvalue weighted by molar-refractivity contribution is 5.86. The lowest BCUT2D eigenvalue weighted by Crippen LogP contribution is -2.35. The normalized spacial score (nSPS) is 12.4. The zero-order valence-electron chi connectivity index (χ0n) is 18.5. The summed E-state index contributed by atoms with van der Waals surface area (Å²) in [5.41, 5.74) is 1.61. The van der Waals surface area contributed by atoms with E-state index in [1.165, 1.54) is 16.3 Å². The van der Waals surface area contributed by atoms with Gasteiger partial charge in [-0.15, -0.1) is 0 Å². The highest BCUT2D eigenvalue weighted by Gasteiger charge is 2.24. The van der Waals surface area contributed by atoms with Gasteiger partial charge < -0.3 is 10.6 Å². The monoisotopic (exact) mass is 410 g/mol. The van der Waals surface area contributed by atoms with E-state index in [1.807, 2.05) is 56.3 Å². The largest absolute Gasteiger partial charge is 0.351 e. The van der Waals surface area contributed by atoms with Crippen LogP contribution in [0.2, 0.25) is 0 Å². The number of rotatable bonds is 7. The Morgan fingerprint density at radius 2 is 1.71 bits per heavy atom. The topological polar surface area (TPSA) is 41.1 Å². The van der Waals surface area contributed by atoms with Gasteiger partial charge in [-0.1, -0.05) is 90.7 Å². The molecule has 0 aromatic heterocycles. The van der Waals surface area contributed by atoms with Crippen LogP contribution >= 0.6 is 0 Å². The second-order valence-corrected chi connectivity index (χ2v) is 8.16. The van der Waals surface area contributed by atoms with Gasteiger partial charge in [-0.25, -0.2) is 0 Å². The van der Waals surface area contributed by atoms with Crippen LogP contribution in [0.25, 0.3) is 10.8 Å². The maximum Gasteiger partial charge on any atom is 0.237 e. The van der Waals surface area contributed by atoms with Crippen LogP contribution in [0, 0.1) is 17.3 Å². The number of carbonyl (C=O) groups excluding carboxylic acids is 1. The molecule has 3 rings (SSSR count).